The van der Waals surface area contributed by atoms with Crippen LogP contribution >= 0.6 is 0 Å². The summed E-state index contributed by atoms with van der Waals surface area (Å²) in [5.74, 6) is -2.38. The second kappa shape index (κ2) is 6.70. The van der Waals surface area contributed by atoms with E-state index in [2.05, 4.69) is 9.84 Å². The molecular formula is C17H17F3N2O3. The van der Waals surface area contributed by atoms with Gasteiger partial charge < -0.3 is 4.74 Å². The van der Waals surface area contributed by atoms with E-state index in [1.165, 1.54) is 6.92 Å². The van der Waals surface area contributed by atoms with Crippen LogP contribution < -0.4 is 5.01 Å². The maximum absolute atomic E-state index is 13.2. The van der Waals surface area contributed by atoms with E-state index >= 15 is 0 Å². The summed E-state index contributed by atoms with van der Waals surface area (Å²) in [4.78, 5) is 24.1. The summed E-state index contributed by atoms with van der Waals surface area (Å²) in [5.41, 5.74) is -1.32. The monoisotopic (exact) mass is 354 g/mol. The number of halogens is 3. The number of carbonyl (C=O) groups excluding carboxylic acids is 2. The topological polar surface area (TPSA) is 59.0 Å². The lowest BCUT2D eigenvalue weighted by molar-refractivity contribution is -0.148. The van der Waals surface area contributed by atoms with Crippen molar-refractivity contribution in [2.75, 3.05) is 12.1 Å². The number of benzene rings is 1. The Labute approximate surface area is 142 Å². The highest BCUT2D eigenvalue weighted by atomic mass is 19.4. The quantitative estimate of drug-likeness (QED) is 0.616. The number of hydrogen-bond donors (Lipinski definition) is 0. The van der Waals surface area contributed by atoms with E-state index in [9.17, 15) is 22.8 Å². The van der Waals surface area contributed by atoms with Gasteiger partial charge in [0, 0.05) is 0 Å². The van der Waals surface area contributed by atoms with Crippen molar-refractivity contribution >= 4 is 23.3 Å². The molecule has 2 rings (SSSR count). The van der Waals surface area contributed by atoms with Gasteiger partial charge in [0.15, 0.2) is 5.57 Å². The summed E-state index contributed by atoms with van der Waals surface area (Å²) < 4.78 is 43.9. The van der Waals surface area contributed by atoms with Gasteiger partial charge in [-0.15, -0.1) is 0 Å². The van der Waals surface area contributed by atoms with Crippen molar-refractivity contribution in [1.29, 1.82) is 0 Å². The lowest BCUT2D eigenvalue weighted by Crippen LogP contribution is -2.29. The van der Waals surface area contributed by atoms with Crippen LogP contribution in [0.15, 0.2) is 40.5 Å². The molecular weight excluding hydrogens is 337 g/mol. The molecule has 1 heterocycles. The summed E-state index contributed by atoms with van der Waals surface area (Å²) in [6.07, 6.45) is -5.04. The molecule has 0 fully saturated rings. The minimum Gasteiger partial charge on any atom is -0.465 e. The normalized spacial score (nSPS) is 17.0. The van der Waals surface area contributed by atoms with Crippen molar-refractivity contribution in [3.05, 3.63) is 41.0 Å². The molecule has 5 nitrogen and oxygen atoms in total. The van der Waals surface area contributed by atoms with Crippen molar-refractivity contribution in [3.63, 3.8) is 0 Å². The van der Waals surface area contributed by atoms with Crippen LogP contribution in [0.2, 0.25) is 0 Å². The Bertz CT molecular complexity index is 762. The van der Waals surface area contributed by atoms with Crippen molar-refractivity contribution in [3.8, 4) is 0 Å². The first-order valence-corrected chi connectivity index (χ1v) is 7.47. The Morgan fingerprint density at radius 1 is 1.20 bits per heavy atom. The molecule has 1 amide bonds. The smallest absolute Gasteiger partial charge is 0.424 e. The van der Waals surface area contributed by atoms with Gasteiger partial charge in [0.2, 0.25) is 0 Å². The number of carbonyl (C=O) groups is 2. The van der Waals surface area contributed by atoms with Gasteiger partial charge >= 0.3 is 12.1 Å². The summed E-state index contributed by atoms with van der Waals surface area (Å²) in [6, 6.07) is 6.73. The molecule has 0 saturated heterocycles. The Kier molecular flexibility index (Phi) is 5.01. The molecule has 1 aromatic rings. The van der Waals surface area contributed by atoms with Crippen LogP contribution in [0.4, 0.5) is 18.9 Å². The van der Waals surface area contributed by atoms with Gasteiger partial charge in [-0.3, -0.25) is 4.79 Å². The Morgan fingerprint density at radius 2 is 1.76 bits per heavy atom. The zero-order valence-corrected chi connectivity index (χ0v) is 14.1. The van der Waals surface area contributed by atoms with E-state index in [0.717, 1.165) is 17.7 Å². The zero-order valence-electron chi connectivity index (χ0n) is 14.1. The Hall–Kier alpha value is -2.64. The van der Waals surface area contributed by atoms with Crippen LogP contribution in [0.25, 0.3) is 0 Å². The first kappa shape index (κ1) is 18.7. The number of anilines is 1. The Balaban J connectivity index is 2.50. The molecule has 8 heteroatoms. The van der Waals surface area contributed by atoms with Crippen LogP contribution in [0.1, 0.15) is 32.3 Å². The number of nitrogens with zero attached hydrogens (tertiary/aromatic N) is 2. The number of amides is 1. The minimum atomic E-state index is -5.04. The van der Waals surface area contributed by atoms with Crippen molar-refractivity contribution in [2.45, 2.75) is 32.9 Å². The maximum atomic E-state index is 13.2. The average Bonchev–Trinajstić information content (AvgIpc) is 2.82. The molecule has 25 heavy (non-hydrogen) atoms. The fourth-order valence-corrected chi connectivity index (χ4v) is 2.43. The molecule has 1 aromatic carbocycles. The minimum absolute atomic E-state index is 0.198. The summed E-state index contributed by atoms with van der Waals surface area (Å²) in [7, 11) is 0.822. The van der Waals surface area contributed by atoms with Crippen LogP contribution in [-0.2, 0) is 14.3 Å². The molecule has 0 bridgehead atoms. The molecule has 1 aliphatic rings. The molecule has 0 N–H and O–H groups in total. The number of ether oxygens (including phenoxy) is 1. The SMILES string of the molecule is COC(=O)/C(=C1/C(=O)N(c2ccc(C(C)C)cc2)N=C1C)C(F)(F)F. The van der Waals surface area contributed by atoms with Gasteiger partial charge in [0.25, 0.3) is 5.91 Å². The highest BCUT2D eigenvalue weighted by Gasteiger charge is 2.47. The van der Waals surface area contributed by atoms with Crippen LogP contribution in [0.3, 0.4) is 0 Å². The fraction of sp³-hybridized carbons (Fsp3) is 0.353. The fourth-order valence-electron chi connectivity index (χ4n) is 2.43. The maximum Gasteiger partial charge on any atom is 0.424 e. The number of rotatable bonds is 3. The second-order valence-electron chi connectivity index (χ2n) is 5.79. The lowest BCUT2D eigenvalue weighted by atomic mass is 10.0. The molecule has 0 aliphatic carbocycles. The number of esters is 1. The van der Waals surface area contributed by atoms with E-state index in [1.54, 1.807) is 24.3 Å². The molecule has 0 unspecified atom stereocenters. The van der Waals surface area contributed by atoms with E-state index in [0.29, 0.717) is 5.69 Å². The predicted molar refractivity (Wildman–Crippen MR) is 86.2 cm³/mol. The molecule has 0 radical (unpaired) electrons. The highest BCUT2D eigenvalue weighted by molar-refractivity contribution is 6.32. The first-order chi connectivity index (χ1) is 11.6. The number of methoxy groups -OCH3 is 1. The van der Waals surface area contributed by atoms with Crippen LogP contribution in [0.5, 0.6) is 0 Å². The standard InChI is InChI=1S/C17H17F3N2O3/c1-9(2)11-5-7-12(8-6-11)22-15(23)13(10(3)21-22)14(16(24)25-4)17(18,19)20/h5-9H,1-4H3/b14-13-. The number of hydrogen-bond acceptors (Lipinski definition) is 4. The largest absolute Gasteiger partial charge is 0.465 e. The van der Waals surface area contributed by atoms with Gasteiger partial charge in [0.05, 0.1) is 24.1 Å². The summed E-state index contributed by atoms with van der Waals surface area (Å²) in [6.45, 7) is 5.22. The average molecular weight is 354 g/mol. The molecule has 0 spiro atoms. The van der Waals surface area contributed by atoms with E-state index in [1.807, 2.05) is 13.8 Å². The van der Waals surface area contributed by atoms with Gasteiger partial charge in [-0.2, -0.15) is 23.3 Å². The zero-order chi connectivity index (χ0) is 18.9. The highest BCUT2D eigenvalue weighted by Crippen LogP contribution is 2.34. The molecule has 134 valence electrons. The predicted octanol–water partition coefficient (Wildman–Crippen LogP) is 3.56. The van der Waals surface area contributed by atoms with Crippen molar-refractivity contribution in [1.82, 2.24) is 0 Å². The molecule has 0 atom stereocenters. The lowest BCUT2D eigenvalue weighted by Gasteiger charge is -2.15. The van der Waals surface area contributed by atoms with Crippen LogP contribution in [0, 0.1) is 0 Å². The third-order valence-corrected chi connectivity index (χ3v) is 3.75. The molecule has 1 aliphatic heterocycles. The van der Waals surface area contributed by atoms with Gasteiger partial charge in [0.1, 0.15) is 0 Å². The van der Waals surface area contributed by atoms with Crippen LogP contribution in [-0.4, -0.2) is 30.9 Å². The first-order valence-electron chi connectivity index (χ1n) is 7.47. The number of alkyl halides is 3. The van der Waals surface area contributed by atoms with Crippen molar-refractivity contribution in [2.24, 2.45) is 5.10 Å². The van der Waals surface area contributed by atoms with Crippen molar-refractivity contribution < 1.29 is 27.5 Å². The third-order valence-electron chi connectivity index (χ3n) is 3.75. The molecule has 0 saturated carbocycles. The molecule has 0 aromatic heterocycles. The van der Waals surface area contributed by atoms with E-state index in [-0.39, 0.29) is 11.6 Å². The van der Waals surface area contributed by atoms with Gasteiger partial charge in [-0.25, -0.2) is 4.79 Å². The van der Waals surface area contributed by atoms with Gasteiger partial charge in [-0.05, 0) is 30.5 Å². The Morgan fingerprint density at radius 3 is 2.20 bits per heavy atom. The van der Waals surface area contributed by atoms with E-state index < -0.39 is 29.2 Å². The summed E-state index contributed by atoms with van der Waals surface area (Å²) >= 11 is 0. The van der Waals surface area contributed by atoms with Gasteiger partial charge in [-0.1, -0.05) is 26.0 Å². The van der Waals surface area contributed by atoms with E-state index in [4.69, 9.17) is 0 Å². The number of hydrazone groups is 1. The third kappa shape index (κ3) is 3.57. The summed E-state index contributed by atoms with van der Waals surface area (Å²) in [5, 5.41) is 4.73. The second-order valence-corrected chi connectivity index (χ2v) is 5.79.